The lowest BCUT2D eigenvalue weighted by molar-refractivity contribution is 0.0884. The molecule has 0 aliphatic rings. The van der Waals surface area contributed by atoms with Gasteiger partial charge in [0.15, 0.2) is 4.93 Å². The zero-order chi connectivity index (χ0) is 20.4. The molecular formula is C22H46O4S. The summed E-state index contributed by atoms with van der Waals surface area (Å²) in [6, 6.07) is 0. The van der Waals surface area contributed by atoms with E-state index in [0.717, 1.165) is 38.5 Å². The van der Waals surface area contributed by atoms with E-state index in [1.165, 1.54) is 57.8 Å². The monoisotopic (exact) mass is 406 g/mol. The molecule has 0 radical (unpaired) electrons. The van der Waals surface area contributed by atoms with Gasteiger partial charge in [0.1, 0.15) is 0 Å². The first kappa shape index (κ1) is 26.9. The summed E-state index contributed by atoms with van der Waals surface area (Å²) >= 11 is 0. The zero-order valence-corrected chi connectivity index (χ0v) is 18.9. The highest BCUT2D eigenvalue weighted by Crippen LogP contribution is 2.28. The summed E-state index contributed by atoms with van der Waals surface area (Å²) < 4.78 is 32.7. The maximum atomic E-state index is 11.6. The van der Waals surface area contributed by atoms with Gasteiger partial charge in [-0.15, -0.1) is 0 Å². The summed E-state index contributed by atoms with van der Waals surface area (Å²) in [6.45, 7) is 4.37. The van der Waals surface area contributed by atoms with Crippen molar-refractivity contribution in [2.45, 2.75) is 141 Å². The van der Waals surface area contributed by atoms with Crippen LogP contribution in [0.25, 0.3) is 0 Å². The van der Waals surface area contributed by atoms with E-state index in [0.29, 0.717) is 12.8 Å². The second kappa shape index (κ2) is 16.8. The van der Waals surface area contributed by atoms with Gasteiger partial charge in [-0.3, -0.25) is 4.55 Å². The Labute approximate surface area is 169 Å². The lowest BCUT2D eigenvalue weighted by atomic mass is 10.0. The summed E-state index contributed by atoms with van der Waals surface area (Å²) in [7, 11) is -4.42. The largest absolute Gasteiger partial charge is 0.372 e. The number of aliphatic hydroxyl groups is 1. The number of unbranched alkanes of at least 4 members (excludes halogenated alkanes) is 15. The first-order chi connectivity index (χ1) is 12.9. The molecule has 0 aliphatic carbocycles. The highest BCUT2D eigenvalue weighted by Gasteiger charge is 2.39. The highest BCUT2D eigenvalue weighted by molar-refractivity contribution is 7.87. The van der Waals surface area contributed by atoms with Gasteiger partial charge in [-0.05, 0) is 25.7 Å². The van der Waals surface area contributed by atoms with Crippen molar-refractivity contribution >= 4 is 10.1 Å². The fraction of sp³-hybridized carbons (Fsp3) is 1.00. The predicted molar refractivity (Wildman–Crippen MR) is 116 cm³/mol. The average molecular weight is 407 g/mol. The van der Waals surface area contributed by atoms with E-state index in [-0.39, 0.29) is 12.8 Å². The molecule has 0 aromatic rings. The van der Waals surface area contributed by atoms with E-state index in [9.17, 15) is 18.1 Å². The van der Waals surface area contributed by atoms with Gasteiger partial charge in [-0.2, -0.15) is 8.42 Å². The van der Waals surface area contributed by atoms with Crippen LogP contribution in [0.4, 0.5) is 0 Å². The highest BCUT2D eigenvalue weighted by atomic mass is 32.2. The Bertz CT molecular complexity index is 422. The van der Waals surface area contributed by atoms with Crippen molar-refractivity contribution < 1.29 is 18.1 Å². The number of hydrogen-bond acceptors (Lipinski definition) is 3. The summed E-state index contributed by atoms with van der Waals surface area (Å²) in [5.74, 6) is 0. The second-order valence-electron chi connectivity index (χ2n) is 8.22. The Morgan fingerprint density at radius 1 is 0.556 bits per heavy atom. The van der Waals surface area contributed by atoms with Gasteiger partial charge in [0.05, 0.1) is 0 Å². The van der Waals surface area contributed by atoms with Crippen LogP contribution in [0.15, 0.2) is 0 Å². The molecule has 4 nitrogen and oxygen atoms in total. The van der Waals surface area contributed by atoms with Crippen LogP contribution in [0.5, 0.6) is 0 Å². The fourth-order valence-electron chi connectivity index (χ4n) is 3.63. The molecule has 0 rings (SSSR count). The molecule has 0 aromatic heterocycles. The van der Waals surface area contributed by atoms with Crippen LogP contribution >= 0.6 is 0 Å². The topological polar surface area (TPSA) is 74.6 Å². The summed E-state index contributed by atoms with van der Waals surface area (Å²) in [5, 5.41) is 10.4. The van der Waals surface area contributed by atoms with Gasteiger partial charge in [0, 0.05) is 0 Å². The molecule has 0 amide bonds. The van der Waals surface area contributed by atoms with Crippen LogP contribution in [0.1, 0.15) is 136 Å². The summed E-state index contributed by atoms with van der Waals surface area (Å²) in [4.78, 5) is -1.95. The third kappa shape index (κ3) is 14.5. The molecule has 1 atom stereocenters. The van der Waals surface area contributed by atoms with Crippen molar-refractivity contribution in [3.63, 3.8) is 0 Å². The number of hydrogen-bond donors (Lipinski definition) is 2. The Morgan fingerprint density at radius 2 is 0.815 bits per heavy atom. The summed E-state index contributed by atoms with van der Waals surface area (Å²) in [5.41, 5.74) is 0. The molecule has 0 aliphatic heterocycles. The van der Waals surface area contributed by atoms with E-state index < -0.39 is 15.1 Å². The van der Waals surface area contributed by atoms with E-state index >= 15 is 0 Å². The van der Waals surface area contributed by atoms with Gasteiger partial charge in [0.25, 0.3) is 10.1 Å². The third-order valence-corrected chi connectivity index (χ3v) is 6.94. The molecule has 0 saturated heterocycles. The molecule has 0 spiro atoms. The van der Waals surface area contributed by atoms with Gasteiger partial charge >= 0.3 is 0 Å². The van der Waals surface area contributed by atoms with Crippen molar-refractivity contribution in [3.8, 4) is 0 Å². The Hall–Kier alpha value is -0.130. The molecule has 5 heteroatoms. The Morgan fingerprint density at radius 3 is 1.07 bits per heavy atom. The lowest BCUT2D eigenvalue weighted by Gasteiger charge is -2.24. The van der Waals surface area contributed by atoms with Gasteiger partial charge < -0.3 is 5.11 Å². The summed E-state index contributed by atoms with van der Waals surface area (Å²) in [6.07, 6.45) is 19.6. The van der Waals surface area contributed by atoms with Crippen molar-refractivity contribution in [1.82, 2.24) is 0 Å². The van der Waals surface area contributed by atoms with Crippen LogP contribution in [-0.2, 0) is 10.1 Å². The van der Waals surface area contributed by atoms with E-state index in [2.05, 4.69) is 13.8 Å². The zero-order valence-electron chi connectivity index (χ0n) is 18.1. The fourth-order valence-corrected chi connectivity index (χ4v) is 4.43. The first-order valence-corrected chi connectivity index (χ1v) is 13.0. The van der Waals surface area contributed by atoms with E-state index in [1.807, 2.05) is 0 Å². The van der Waals surface area contributed by atoms with Crippen LogP contribution < -0.4 is 0 Å². The maximum absolute atomic E-state index is 11.6. The third-order valence-electron chi connectivity index (χ3n) is 5.57. The second-order valence-corrected chi connectivity index (χ2v) is 9.93. The molecule has 0 fully saturated rings. The molecule has 0 heterocycles. The lowest BCUT2D eigenvalue weighted by Crippen LogP contribution is -2.38. The molecule has 164 valence electrons. The molecule has 0 aromatic carbocycles. The van der Waals surface area contributed by atoms with Crippen molar-refractivity contribution in [3.05, 3.63) is 0 Å². The molecule has 2 N–H and O–H groups in total. The molecule has 27 heavy (non-hydrogen) atoms. The standard InChI is InChI=1S/C22H46O4S/c1-3-5-7-9-10-11-12-13-14-15-17-19-21-22(23,27(24,25)26)20-18-16-8-6-4-2/h23H,3-21H2,1-2H3,(H,24,25,26). The Balaban J connectivity index is 3.79. The number of rotatable bonds is 20. The van der Waals surface area contributed by atoms with E-state index in [4.69, 9.17) is 0 Å². The SMILES string of the molecule is CCCCCCCCCCCCCCC(O)(CCCCCCC)S(=O)(=O)O. The van der Waals surface area contributed by atoms with Crippen LogP contribution in [0, 0.1) is 0 Å². The van der Waals surface area contributed by atoms with Gasteiger partial charge in [0.2, 0.25) is 0 Å². The molecule has 0 bridgehead atoms. The van der Waals surface area contributed by atoms with Crippen molar-refractivity contribution in [1.29, 1.82) is 0 Å². The minimum atomic E-state index is -4.42. The van der Waals surface area contributed by atoms with Crippen LogP contribution in [-0.4, -0.2) is 23.0 Å². The Kier molecular flexibility index (Phi) is 16.7. The van der Waals surface area contributed by atoms with Gasteiger partial charge in [-0.1, -0.05) is 110 Å². The normalized spacial score (nSPS) is 14.4. The first-order valence-electron chi connectivity index (χ1n) is 11.6. The van der Waals surface area contributed by atoms with Crippen molar-refractivity contribution in [2.75, 3.05) is 0 Å². The van der Waals surface area contributed by atoms with Crippen molar-refractivity contribution in [2.24, 2.45) is 0 Å². The molecule has 1 unspecified atom stereocenters. The van der Waals surface area contributed by atoms with Crippen LogP contribution in [0.3, 0.4) is 0 Å². The molecule has 0 saturated carbocycles. The minimum Gasteiger partial charge on any atom is -0.372 e. The smallest absolute Gasteiger partial charge is 0.294 e. The van der Waals surface area contributed by atoms with Crippen LogP contribution in [0.2, 0.25) is 0 Å². The average Bonchev–Trinajstić information content (AvgIpc) is 2.61. The predicted octanol–water partition coefficient (Wildman–Crippen LogP) is 7.01. The molecular weight excluding hydrogens is 360 g/mol. The van der Waals surface area contributed by atoms with E-state index in [1.54, 1.807) is 0 Å². The van der Waals surface area contributed by atoms with Gasteiger partial charge in [-0.25, -0.2) is 0 Å². The minimum absolute atomic E-state index is 0.146. The quantitative estimate of drug-likeness (QED) is 0.168. The maximum Gasteiger partial charge on any atom is 0.294 e.